The fraction of sp³-hybridized carbons (Fsp3) is 0.438. The van der Waals surface area contributed by atoms with E-state index in [0.29, 0.717) is 6.54 Å². The smallest absolute Gasteiger partial charge is 0.120 e. The quantitative estimate of drug-likeness (QED) is 0.822. The van der Waals surface area contributed by atoms with Crippen LogP contribution in [0.3, 0.4) is 0 Å². The third kappa shape index (κ3) is 3.20. The standard InChI is InChI=1S/C16H23N3O/c1-4-5-8-20-13-6-7-15-14(10-13)16(19(2)3)9-12(11-17)18-15/h6-7,9-10H,4-5,8,11,17H2,1-3H3. The highest BCUT2D eigenvalue weighted by molar-refractivity contribution is 5.92. The van der Waals surface area contributed by atoms with Crippen molar-refractivity contribution in [1.82, 2.24) is 4.98 Å². The first-order chi connectivity index (χ1) is 9.65. The third-order valence-electron chi connectivity index (χ3n) is 3.27. The molecule has 0 amide bonds. The zero-order chi connectivity index (χ0) is 14.5. The molecule has 0 aliphatic carbocycles. The molecular formula is C16H23N3O. The Labute approximate surface area is 120 Å². The first-order valence-electron chi connectivity index (χ1n) is 7.09. The molecule has 0 aliphatic heterocycles. The summed E-state index contributed by atoms with van der Waals surface area (Å²) in [5, 5.41) is 1.10. The second-order valence-electron chi connectivity index (χ2n) is 5.11. The number of hydrogen-bond acceptors (Lipinski definition) is 4. The number of rotatable bonds is 6. The lowest BCUT2D eigenvalue weighted by atomic mass is 10.1. The summed E-state index contributed by atoms with van der Waals surface area (Å²) < 4.78 is 5.77. The Hall–Kier alpha value is -1.81. The summed E-state index contributed by atoms with van der Waals surface area (Å²) in [6.07, 6.45) is 2.21. The average molecular weight is 273 g/mol. The Morgan fingerprint density at radius 2 is 2.05 bits per heavy atom. The van der Waals surface area contributed by atoms with Gasteiger partial charge in [0.2, 0.25) is 0 Å². The molecule has 1 heterocycles. The molecule has 0 aliphatic rings. The molecule has 0 saturated carbocycles. The number of anilines is 1. The van der Waals surface area contributed by atoms with Crippen LogP contribution in [0.1, 0.15) is 25.5 Å². The van der Waals surface area contributed by atoms with Crippen LogP contribution in [0.25, 0.3) is 10.9 Å². The van der Waals surface area contributed by atoms with Gasteiger partial charge in [0.25, 0.3) is 0 Å². The second-order valence-corrected chi connectivity index (χ2v) is 5.11. The van der Waals surface area contributed by atoms with E-state index >= 15 is 0 Å². The second kappa shape index (κ2) is 6.57. The van der Waals surface area contributed by atoms with Crippen LogP contribution in [0.2, 0.25) is 0 Å². The van der Waals surface area contributed by atoms with Crippen LogP contribution in [-0.2, 0) is 6.54 Å². The predicted molar refractivity (Wildman–Crippen MR) is 84.4 cm³/mol. The maximum absolute atomic E-state index is 5.77. The van der Waals surface area contributed by atoms with Crippen LogP contribution in [0, 0.1) is 0 Å². The molecule has 0 saturated heterocycles. The zero-order valence-corrected chi connectivity index (χ0v) is 12.5. The molecule has 2 N–H and O–H groups in total. The van der Waals surface area contributed by atoms with Gasteiger partial charge < -0.3 is 15.4 Å². The van der Waals surface area contributed by atoms with E-state index in [1.165, 1.54) is 0 Å². The van der Waals surface area contributed by atoms with Gasteiger partial charge >= 0.3 is 0 Å². The summed E-state index contributed by atoms with van der Waals surface area (Å²) in [6.45, 7) is 3.37. The normalized spacial score (nSPS) is 10.8. The lowest BCUT2D eigenvalue weighted by molar-refractivity contribution is 0.310. The topological polar surface area (TPSA) is 51.4 Å². The van der Waals surface area contributed by atoms with Crippen LogP contribution >= 0.6 is 0 Å². The number of aromatic nitrogens is 1. The Morgan fingerprint density at radius 3 is 2.70 bits per heavy atom. The molecule has 4 heteroatoms. The van der Waals surface area contributed by atoms with E-state index < -0.39 is 0 Å². The summed E-state index contributed by atoms with van der Waals surface area (Å²) >= 11 is 0. The predicted octanol–water partition coefficient (Wildman–Crippen LogP) is 2.94. The molecule has 2 aromatic rings. The number of nitrogens with two attached hydrogens (primary N) is 1. The Morgan fingerprint density at radius 1 is 1.25 bits per heavy atom. The van der Waals surface area contributed by atoms with Gasteiger partial charge in [0.15, 0.2) is 0 Å². The van der Waals surface area contributed by atoms with Gasteiger partial charge in [-0.15, -0.1) is 0 Å². The molecule has 0 bridgehead atoms. The minimum Gasteiger partial charge on any atom is -0.494 e. The number of nitrogens with zero attached hydrogens (tertiary/aromatic N) is 2. The van der Waals surface area contributed by atoms with E-state index in [1.807, 2.05) is 32.3 Å². The molecule has 0 fully saturated rings. The molecule has 4 nitrogen and oxygen atoms in total. The summed E-state index contributed by atoms with van der Waals surface area (Å²) in [7, 11) is 4.05. The van der Waals surface area contributed by atoms with Crippen molar-refractivity contribution in [2.45, 2.75) is 26.3 Å². The third-order valence-corrected chi connectivity index (χ3v) is 3.27. The van der Waals surface area contributed by atoms with E-state index in [1.54, 1.807) is 0 Å². The van der Waals surface area contributed by atoms with Crippen LogP contribution < -0.4 is 15.4 Å². The van der Waals surface area contributed by atoms with Gasteiger partial charge in [0.1, 0.15) is 5.75 Å². The highest BCUT2D eigenvalue weighted by Crippen LogP contribution is 2.29. The van der Waals surface area contributed by atoms with Crippen molar-refractivity contribution in [1.29, 1.82) is 0 Å². The number of unbranched alkanes of at least 4 members (excludes halogenated alkanes) is 1. The van der Waals surface area contributed by atoms with E-state index in [2.05, 4.69) is 22.9 Å². The molecule has 2 rings (SSSR count). The van der Waals surface area contributed by atoms with E-state index in [4.69, 9.17) is 10.5 Å². The highest BCUT2D eigenvalue weighted by Gasteiger charge is 2.08. The Kier molecular flexibility index (Phi) is 4.79. The molecular weight excluding hydrogens is 250 g/mol. The van der Waals surface area contributed by atoms with Crippen molar-refractivity contribution in [3.8, 4) is 5.75 Å². The molecule has 1 aromatic heterocycles. The first kappa shape index (κ1) is 14.6. The Balaban J connectivity index is 2.41. The van der Waals surface area contributed by atoms with Gasteiger partial charge in [-0.3, -0.25) is 4.98 Å². The van der Waals surface area contributed by atoms with Gasteiger partial charge in [-0.2, -0.15) is 0 Å². The van der Waals surface area contributed by atoms with Crippen LogP contribution in [0.4, 0.5) is 5.69 Å². The molecule has 0 atom stereocenters. The molecule has 1 aromatic carbocycles. The molecule has 0 unspecified atom stereocenters. The molecule has 0 spiro atoms. The Bertz CT molecular complexity index is 581. The summed E-state index contributed by atoms with van der Waals surface area (Å²) in [6, 6.07) is 8.08. The maximum Gasteiger partial charge on any atom is 0.120 e. The summed E-state index contributed by atoms with van der Waals surface area (Å²) in [5.74, 6) is 0.899. The fourth-order valence-corrected chi connectivity index (χ4v) is 2.14. The first-order valence-corrected chi connectivity index (χ1v) is 7.09. The maximum atomic E-state index is 5.77. The van der Waals surface area contributed by atoms with Gasteiger partial charge in [0.05, 0.1) is 17.8 Å². The summed E-state index contributed by atoms with van der Waals surface area (Å²) in [4.78, 5) is 6.65. The van der Waals surface area contributed by atoms with Gasteiger partial charge in [-0.25, -0.2) is 0 Å². The van der Waals surface area contributed by atoms with E-state index in [9.17, 15) is 0 Å². The number of ether oxygens (including phenoxy) is 1. The summed E-state index contributed by atoms with van der Waals surface area (Å²) in [5.41, 5.74) is 8.70. The van der Waals surface area contributed by atoms with Crippen molar-refractivity contribution in [2.75, 3.05) is 25.6 Å². The van der Waals surface area contributed by atoms with Crippen molar-refractivity contribution >= 4 is 16.6 Å². The zero-order valence-electron chi connectivity index (χ0n) is 12.5. The van der Waals surface area contributed by atoms with Gasteiger partial charge in [-0.1, -0.05) is 13.3 Å². The minimum atomic E-state index is 0.450. The lowest BCUT2D eigenvalue weighted by Gasteiger charge is -2.17. The van der Waals surface area contributed by atoms with E-state index in [0.717, 1.165) is 47.5 Å². The van der Waals surface area contributed by atoms with Crippen LogP contribution in [-0.4, -0.2) is 25.7 Å². The van der Waals surface area contributed by atoms with Crippen molar-refractivity contribution in [3.05, 3.63) is 30.0 Å². The van der Waals surface area contributed by atoms with Crippen LogP contribution in [0.15, 0.2) is 24.3 Å². The van der Waals surface area contributed by atoms with Crippen molar-refractivity contribution in [2.24, 2.45) is 5.73 Å². The molecule has 20 heavy (non-hydrogen) atoms. The van der Waals surface area contributed by atoms with Gasteiger partial charge in [-0.05, 0) is 30.7 Å². The number of fused-ring (bicyclic) bond motifs is 1. The number of hydrogen-bond donors (Lipinski definition) is 1. The van der Waals surface area contributed by atoms with Gasteiger partial charge in [0, 0.05) is 31.7 Å². The van der Waals surface area contributed by atoms with Crippen LogP contribution in [0.5, 0.6) is 5.75 Å². The SMILES string of the molecule is CCCCOc1ccc2nc(CN)cc(N(C)C)c2c1. The van der Waals surface area contributed by atoms with Crippen molar-refractivity contribution < 1.29 is 4.74 Å². The molecule has 108 valence electrons. The number of benzene rings is 1. The molecule has 0 radical (unpaired) electrons. The average Bonchev–Trinajstić information content (AvgIpc) is 2.46. The van der Waals surface area contributed by atoms with E-state index in [-0.39, 0.29) is 0 Å². The highest BCUT2D eigenvalue weighted by atomic mass is 16.5. The monoisotopic (exact) mass is 273 g/mol. The fourth-order valence-electron chi connectivity index (χ4n) is 2.14. The number of pyridine rings is 1. The lowest BCUT2D eigenvalue weighted by Crippen LogP contribution is -2.11. The van der Waals surface area contributed by atoms with Crippen molar-refractivity contribution in [3.63, 3.8) is 0 Å². The minimum absolute atomic E-state index is 0.450. The largest absolute Gasteiger partial charge is 0.494 e.